The van der Waals surface area contributed by atoms with Crippen LogP contribution in [0.3, 0.4) is 0 Å². The van der Waals surface area contributed by atoms with E-state index in [1.807, 2.05) is 31.2 Å². The van der Waals surface area contributed by atoms with Crippen molar-refractivity contribution < 1.29 is 14.3 Å². The van der Waals surface area contributed by atoms with Crippen molar-refractivity contribution >= 4 is 11.8 Å². The van der Waals surface area contributed by atoms with Crippen molar-refractivity contribution in [1.82, 2.24) is 15.5 Å². The highest BCUT2D eigenvalue weighted by molar-refractivity contribution is 5.80. The Morgan fingerprint density at radius 1 is 1.26 bits per heavy atom. The Kier molecular flexibility index (Phi) is 8.10. The fraction of sp³-hybridized carbons (Fsp3) is 0.619. The highest BCUT2D eigenvalue weighted by atomic mass is 16.5. The number of hydrogen-bond donors (Lipinski definition) is 2. The van der Waals surface area contributed by atoms with E-state index in [9.17, 15) is 9.59 Å². The van der Waals surface area contributed by atoms with Gasteiger partial charge in [0.2, 0.25) is 11.8 Å². The van der Waals surface area contributed by atoms with Gasteiger partial charge in [-0.15, -0.1) is 0 Å². The van der Waals surface area contributed by atoms with Gasteiger partial charge in [-0.2, -0.15) is 0 Å². The second-order valence-corrected chi connectivity index (χ2v) is 7.53. The summed E-state index contributed by atoms with van der Waals surface area (Å²) in [4.78, 5) is 26.8. The zero-order chi connectivity index (χ0) is 19.8. The summed E-state index contributed by atoms with van der Waals surface area (Å²) < 4.78 is 5.21. The Balaban J connectivity index is 1.94. The molecular weight excluding hydrogens is 342 g/mol. The van der Waals surface area contributed by atoms with Gasteiger partial charge in [-0.1, -0.05) is 26.0 Å². The van der Waals surface area contributed by atoms with Crippen LogP contribution in [-0.4, -0.2) is 50.0 Å². The molecule has 1 aromatic carbocycles. The smallest absolute Gasteiger partial charge is 0.234 e. The van der Waals surface area contributed by atoms with Crippen LogP contribution >= 0.6 is 0 Å². The van der Waals surface area contributed by atoms with E-state index < -0.39 is 0 Å². The van der Waals surface area contributed by atoms with E-state index in [1.54, 1.807) is 7.11 Å². The first-order chi connectivity index (χ1) is 12.9. The van der Waals surface area contributed by atoms with Gasteiger partial charge < -0.3 is 15.4 Å². The lowest BCUT2D eigenvalue weighted by molar-refractivity contribution is -0.129. The molecule has 0 saturated carbocycles. The number of carbonyl (C=O) groups excluding carboxylic acids is 2. The van der Waals surface area contributed by atoms with Crippen molar-refractivity contribution in [3.8, 4) is 5.75 Å². The number of hydrogen-bond acceptors (Lipinski definition) is 4. The molecule has 150 valence electrons. The van der Waals surface area contributed by atoms with Gasteiger partial charge in [0.1, 0.15) is 5.75 Å². The minimum atomic E-state index is -0.0487. The van der Waals surface area contributed by atoms with Crippen LogP contribution in [0.1, 0.15) is 45.2 Å². The summed E-state index contributed by atoms with van der Waals surface area (Å²) in [5.41, 5.74) is 1.07. The highest BCUT2D eigenvalue weighted by Gasteiger charge is 2.27. The summed E-state index contributed by atoms with van der Waals surface area (Å²) in [6.45, 7) is 8.61. The van der Waals surface area contributed by atoms with Crippen LogP contribution in [0.25, 0.3) is 0 Å². The molecule has 0 aliphatic carbocycles. The van der Waals surface area contributed by atoms with Gasteiger partial charge in [-0.05, 0) is 49.9 Å². The summed E-state index contributed by atoms with van der Waals surface area (Å²) >= 11 is 0. The maximum absolute atomic E-state index is 12.6. The number of benzene rings is 1. The van der Waals surface area contributed by atoms with Crippen LogP contribution in [0.15, 0.2) is 24.3 Å². The van der Waals surface area contributed by atoms with Gasteiger partial charge in [-0.3, -0.25) is 14.5 Å². The molecule has 1 aliphatic rings. The number of rotatable bonds is 8. The minimum absolute atomic E-state index is 0.000989. The maximum Gasteiger partial charge on any atom is 0.234 e. The lowest BCUT2D eigenvalue weighted by Crippen LogP contribution is -2.47. The summed E-state index contributed by atoms with van der Waals surface area (Å²) in [6, 6.07) is 7.77. The van der Waals surface area contributed by atoms with Crippen molar-refractivity contribution in [3.63, 3.8) is 0 Å². The Bertz CT molecular complexity index is 616. The fourth-order valence-electron chi connectivity index (χ4n) is 3.60. The SMILES string of the molecule is CCNC(=O)C1CCCN(CC(=O)NC(c2ccc(OC)cc2)C(C)C)C1. The monoisotopic (exact) mass is 375 g/mol. The van der Waals surface area contributed by atoms with E-state index >= 15 is 0 Å². The topological polar surface area (TPSA) is 70.7 Å². The van der Waals surface area contributed by atoms with E-state index in [4.69, 9.17) is 4.74 Å². The molecule has 6 nitrogen and oxygen atoms in total. The van der Waals surface area contributed by atoms with E-state index in [-0.39, 0.29) is 29.7 Å². The molecule has 2 unspecified atom stereocenters. The Morgan fingerprint density at radius 3 is 2.56 bits per heavy atom. The third-order valence-electron chi connectivity index (χ3n) is 5.05. The van der Waals surface area contributed by atoms with Gasteiger partial charge in [0.15, 0.2) is 0 Å². The van der Waals surface area contributed by atoms with Crippen LogP contribution in [-0.2, 0) is 9.59 Å². The molecule has 1 aliphatic heterocycles. The molecule has 0 aromatic heterocycles. The second-order valence-electron chi connectivity index (χ2n) is 7.53. The molecule has 27 heavy (non-hydrogen) atoms. The first-order valence-electron chi connectivity index (χ1n) is 9.88. The van der Waals surface area contributed by atoms with Gasteiger partial charge in [0.25, 0.3) is 0 Å². The number of carbonyl (C=O) groups is 2. The van der Waals surface area contributed by atoms with Crippen molar-refractivity contribution in [2.45, 2.75) is 39.7 Å². The molecule has 0 bridgehead atoms. The number of amides is 2. The second kappa shape index (κ2) is 10.3. The molecule has 1 aromatic rings. The summed E-state index contributed by atoms with van der Waals surface area (Å²) in [7, 11) is 1.64. The molecule has 1 heterocycles. The first-order valence-corrected chi connectivity index (χ1v) is 9.88. The maximum atomic E-state index is 12.6. The normalized spacial score (nSPS) is 18.8. The van der Waals surface area contributed by atoms with Crippen LogP contribution < -0.4 is 15.4 Å². The average molecular weight is 376 g/mol. The van der Waals surface area contributed by atoms with Crippen molar-refractivity contribution in [1.29, 1.82) is 0 Å². The van der Waals surface area contributed by atoms with Crippen LogP contribution in [0.4, 0.5) is 0 Å². The Hall–Kier alpha value is -2.08. The average Bonchev–Trinajstić information content (AvgIpc) is 2.66. The molecule has 2 N–H and O–H groups in total. The molecule has 2 atom stereocenters. The molecule has 6 heteroatoms. The Morgan fingerprint density at radius 2 is 1.96 bits per heavy atom. The highest BCUT2D eigenvalue weighted by Crippen LogP contribution is 2.24. The predicted molar refractivity (Wildman–Crippen MR) is 107 cm³/mol. The van der Waals surface area contributed by atoms with Gasteiger partial charge in [0.05, 0.1) is 25.6 Å². The number of methoxy groups -OCH3 is 1. The minimum Gasteiger partial charge on any atom is -0.497 e. The molecule has 2 amide bonds. The third-order valence-corrected chi connectivity index (χ3v) is 5.05. The van der Waals surface area contributed by atoms with Crippen LogP contribution in [0.2, 0.25) is 0 Å². The molecule has 1 fully saturated rings. The van der Waals surface area contributed by atoms with Gasteiger partial charge >= 0.3 is 0 Å². The fourth-order valence-corrected chi connectivity index (χ4v) is 3.60. The predicted octanol–water partition coefficient (Wildman–Crippen LogP) is 2.36. The van der Waals surface area contributed by atoms with E-state index in [2.05, 4.69) is 29.4 Å². The van der Waals surface area contributed by atoms with Crippen molar-refractivity contribution in [2.24, 2.45) is 11.8 Å². The number of nitrogens with zero attached hydrogens (tertiary/aromatic N) is 1. The first kappa shape index (κ1) is 21.2. The van der Waals surface area contributed by atoms with Crippen molar-refractivity contribution in [2.75, 3.05) is 33.3 Å². The quantitative estimate of drug-likeness (QED) is 0.732. The molecule has 1 saturated heterocycles. The zero-order valence-corrected chi connectivity index (χ0v) is 17.0. The molecule has 2 rings (SSSR count). The lowest BCUT2D eigenvalue weighted by Gasteiger charge is -2.32. The van der Waals surface area contributed by atoms with Gasteiger partial charge in [-0.25, -0.2) is 0 Å². The zero-order valence-electron chi connectivity index (χ0n) is 17.0. The Labute approximate surface area is 162 Å². The number of likely N-dealkylation sites (tertiary alicyclic amines) is 1. The standard InChI is InChI=1S/C21H33N3O3/c1-5-22-21(26)17-7-6-12-24(13-17)14-19(25)23-20(15(2)3)16-8-10-18(27-4)11-9-16/h8-11,15,17,20H,5-7,12-14H2,1-4H3,(H,22,26)(H,23,25). The van der Waals surface area contributed by atoms with E-state index in [0.717, 1.165) is 30.7 Å². The van der Waals surface area contributed by atoms with Crippen molar-refractivity contribution in [3.05, 3.63) is 29.8 Å². The molecule has 0 spiro atoms. The van der Waals surface area contributed by atoms with Crippen LogP contribution in [0, 0.1) is 11.8 Å². The van der Waals surface area contributed by atoms with Gasteiger partial charge in [0, 0.05) is 13.1 Å². The third kappa shape index (κ3) is 6.24. The van der Waals surface area contributed by atoms with Crippen LogP contribution in [0.5, 0.6) is 5.75 Å². The number of piperidine rings is 1. The molecular formula is C21H33N3O3. The van der Waals surface area contributed by atoms with E-state index in [1.165, 1.54) is 0 Å². The number of nitrogens with one attached hydrogen (secondary N) is 2. The van der Waals surface area contributed by atoms with E-state index in [0.29, 0.717) is 19.6 Å². The lowest BCUT2D eigenvalue weighted by atomic mass is 9.95. The number of ether oxygens (including phenoxy) is 1. The summed E-state index contributed by atoms with van der Waals surface area (Å²) in [5.74, 6) is 1.15. The largest absolute Gasteiger partial charge is 0.497 e. The summed E-state index contributed by atoms with van der Waals surface area (Å²) in [6.07, 6.45) is 1.84. The summed E-state index contributed by atoms with van der Waals surface area (Å²) in [5, 5.41) is 6.06. The molecule has 0 radical (unpaired) electrons.